The van der Waals surface area contributed by atoms with E-state index in [1.807, 2.05) is 25.1 Å². The summed E-state index contributed by atoms with van der Waals surface area (Å²) in [5, 5.41) is 18.9. The highest BCUT2D eigenvalue weighted by Crippen LogP contribution is 2.24. The quantitative estimate of drug-likeness (QED) is 0.757. The van der Waals surface area contributed by atoms with Crippen LogP contribution in [0.3, 0.4) is 0 Å². The SMILES string of the molecule is Cc1ccc2c(CCCO)c(C(=O)O)[nH]c2c1. The van der Waals surface area contributed by atoms with Gasteiger partial charge in [0.1, 0.15) is 5.69 Å². The first kappa shape index (κ1) is 11.7. The Labute approximate surface area is 98.9 Å². The molecule has 1 aromatic heterocycles. The summed E-state index contributed by atoms with van der Waals surface area (Å²) in [4.78, 5) is 14.1. The molecule has 0 bridgehead atoms. The van der Waals surface area contributed by atoms with Crippen LogP contribution in [0.2, 0.25) is 0 Å². The van der Waals surface area contributed by atoms with Crippen LogP contribution >= 0.6 is 0 Å². The van der Waals surface area contributed by atoms with Crippen molar-refractivity contribution >= 4 is 16.9 Å². The molecule has 1 heterocycles. The molecule has 3 N–H and O–H groups in total. The van der Waals surface area contributed by atoms with E-state index in [0.717, 1.165) is 22.0 Å². The van der Waals surface area contributed by atoms with Crippen molar-refractivity contribution < 1.29 is 15.0 Å². The highest BCUT2D eigenvalue weighted by Gasteiger charge is 2.16. The summed E-state index contributed by atoms with van der Waals surface area (Å²) in [6.45, 7) is 2.03. The maximum Gasteiger partial charge on any atom is 0.352 e. The molecule has 0 aliphatic carbocycles. The second kappa shape index (κ2) is 4.59. The van der Waals surface area contributed by atoms with Crippen molar-refractivity contribution in [3.63, 3.8) is 0 Å². The van der Waals surface area contributed by atoms with Gasteiger partial charge in [-0.25, -0.2) is 4.79 Å². The topological polar surface area (TPSA) is 73.3 Å². The number of fused-ring (bicyclic) bond motifs is 1. The Morgan fingerprint density at radius 1 is 1.41 bits per heavy atom. The van der Waals surface area contributed by atoms with E-state index >= 15 is 0 Å². The van der Waals surface area contributed by atoms with E-state index in [1.165, 1.54) is 0 Å². The van der Waals surface area contributed by atoms with Crippen molar-refractivity contribution in [2.45, 2.75) is 19.8 Å². The number of aromatic carboxylic acids is 1. The van der Waals surface area contributed by atoms with Gasteiger partial charge in [-0.05, 0) is 37.0 Å². The Morgan fingerprint density at radius 3 is 2.82 bits per heavy atom. The molecule has 0 saturated heterocycles. The van der Waals surface area contributed by atoms with Crippen LogP contribution in [0.25, 0.3) is 10.9 Å². The Hall–Kier alpha value is -1.81. The summed E-state index contributed by atoms with van der Waals surface area (Å²) in [5.74, 6) is -0.952. The number of rotatable bonds is 4. The number of aryl methyl sites for hydroxylation is 2. The van der Waals surface area contributed by atoms with Gasteiger partial charge in [-0.1, -0.05) is 12.1 Å². The van der Waals surface area contributed by atoms with Crippen LogP contribution in [-0.4, -0.2) is 27.8 Å². The lowest BCUT2D eigenvalue weighted by atomic mass is 10.0. The lowest BCUT2D eigenvalue weighted by molar-refractivity contribution is 0.0690. The zero-order valence-corrected chi connectivity index (χ0v) is 9.66. The third-order valence-electron chi connectivity index (χ3n) is 2.86. The number of nitrogens with one attached hydrogen (secondary N) is 1. The van der Waals surface area contributed by atoms with Gasteiger partial charge in [-0.15, -0.1) is 0 Å². The number of aliphatic hydroxyl groups excluding tert-OH is 1. The fraction of sp³-hybridized carbons (Fsp3) is 0.308. The van der Waals surface area contributed by atoms with Crippen LogP contribution in [0.1, 0.15) is 28.0 Å². The number of hydrogen-bond donors (Lipinski definition) is 3. The van der Waals surface area contributed by atoms with Crippen molar-refractivity contribution in [2.24, 2.45) is 0 Å². The number of carboxylic acids is 1. The summed E-state index contributed by atoms with van der Waals surface area (Å²) in [5.41, 5.74) is 2.94. The second-order valence-corrected chi connectivity index (χ2v) is 4.16. The number of aliphatic hydroxyl groups is 1. The number of carboxylic acid groups (broad SMARTS) is 1. The van der Waals surface area contributed by atoms with Crippen LogP contribution in [0.5, 0.6) is 0 Å². The molecule has 0 atom stereocenters. The molecule has 0 amide bonds. The highest BCUT2D eigenvalue weighted by molar-refractivity contribution is 5.97. The van der Waals surface area contributed by atoms with Gasteiger partial charge in [0.05, 0.1) is 0 Å². The van der Waals surface area contributed by atoms with E-state index in [-0.39, 0.29) is 12.3 Å². The normalized spacial score (nSPS) is 10.9. The Kier molecular flexibility index (Phi) is 3.15. The minimum Gasteiger partial charge on any atom is -0.477 e. The van der Waals surface area contributed by atoms with Gasteiger partial charge in [0.2, 0.25) is 0 Å². The third-order valence-corrected chi connectivity index (χ3v) is 2.86. The molecule has 0 spiro atoms. The van der Waals surface area contributed by atoms with E-state index in [9.17, 15) is 4.79 Å². The van der Waals surface area contributed by atoms with Gasteiger partial charge >= 0.3 is 5.97 Å². The molecule has 4 nitrogen and oxygen atoms in total. The van der Waals surface area contributed by atoms with E-state index in [4.69, 9.17) is 10.2 Å². The fourth-order valence-corrected chi connectivity index (χ4v) is 2.07. The summed E-state index contributed by atoms with van der Waals surface area (Å²) in [6.07, 6.45) is 1.14. The van der Waals surface area contributed by atoms with Crippen LogP contribution in [0.15, 0.2) is 18.2 Å². The van der Waals surface area contributed by atoms with Crippen LogP contribution in [0.4, 0.5) is 0 Å². The number of aromatic nitrogens is 1. The minimum atomic E-state index is -0.952. The Balaban J connectivity index is 2.58. The van der Waals surface area contributed by atoms with Gasteiger partial charge in [-0.3, -0.25) is 0 Å². The van der Waals surface area contributed by atoms with E-state index in [1.54, 1.807) is 0 Å². The molecule has 90 valence electrons. The second-order valence-electron chi connectivity index (χ2n) is 4.16. The molecular weight excluding hydrogens is 218 g/mol. The fourth-order valence-electron chi connectivity index (χ4n) is 2.07. The molecular formula is C13H15NO3. The van der Waals surface area contributed by atoms with Crippen LogP contribution < -0.4 is 0 Å². The van der Waals surface area contributed by atoms with Gasteiger partial charge in [0.25, 0.3) is 0 Å². The Bertz CT molecular complexity index is 557. The maximum absolute atomic E-state index is 11.1. The monoisotopic (exact) mass is 233 g/mol. The molecule has 1 aromatic carbocycles. The van der Waals surface area contributed by atoms with Crippen molar-refractivity contribution in [1.29, 1.82) is 0 Å². The van der Waals surface area contributed by atoms with Crippen LogP contribution in [0, 0.1) is 6.92 Å². The van der Waals surface area contributed by atoms with Gasteiger partial charge in [-0.2, -0.15) is 0 Å². The molecule has 0 saturated carbocycles. The van der Waals surface area contributed by atoms with Gasteiger partial charge < -0.3 is 15.2 Å². The average molecular weight is 233 g/mol. The van der Waals surface area contributed by atoms with E-state index in [2.05, 4.69) is 4.98 Å². The zero-order chi connectivity index (χ0) is 12.4. The van der Waals surface area contributed by atoms with E-state index < -0.39 is 5.97 Å². The third kappa shape index (κ3) is 2.17. The number of aromatic amines is 1. The summed E-state index contributed by atoms with van der Waals surface area (Å²) in [6, 6.07) is 5.83. The summed E-state index contributed by atoms with van der Waals surface area (Å²) in [7, 11) is 0. The first-order chi connectivity index (χ1) is 8.13. The maximum atomic E-state index is 11.1. The molecule has 2 rings (SSSR count). The summed E-state index contributed by atoms with van der Waals surface area (Å²) < 4.78 is 0. The van der Waals surface area contributed by atoms with Crippen molar-refractivity contribution in [3.05, 3.63) is 35.0 Å². The smallest absolute Gasteiger partial charge is 0.352 e. The molecule has 0 fully saturated rings. The predicted octanol–water partition coefficient (Wildman–Crippen LogP) is 2.10. The molecule has 2 aromatic rings. The molecule has 4 heteroatoms. The minimum absolute atomic E-state index is 0.0671. The van der Waals surface area contributed by atoms with Crippen LogP contribution in [-0.2, 0) is 6.42 Å². The van der Waals surface area contributed by atoms with Gasteiger partial charge in [0.15, 0.2) is 0 Å². The molecule has 0 unspecified atom stereocenters. The summed E-state index contributed by atoms with van der Waals surface area (Å²) >= 11 is 0. The molecule has 0 aliphatic heterocycles. The standard InChI is InChI=1S/C13H15NO3/c1-8-4-5-9-10(3-2-6-15)12(13(16)17)14-11(9)7-8/h4-5,7,14-15H,2-3,6H2,1H3,(H,16,17). The highest BCUT2D eigenvalue weighted by atomic mass is 16.4. The number of benzene rings is 1. The lowest BCUT2D eigenvalue weighted by Gasteiger charge is -2.00. The molecule has 0 radical (unpaired) electrons. The Morgan fingerprint density at radius 2 is 2.18 bits per heavy atom. The number of carbonyl (C=O) groups is 1. The van der Waals surface area contributed by atoms with Crippen molar-refractivity contribution in [3.8, 4) is 0 Å². The molecule has 17 heavy (non-hydrogen) atoms. The van der Waals surface area contributed by atoms with E-state index in [0.29, 0.717) is 12.8 Å². The largest absolute Gasteiger partial charge is 0.477 e. The average Bonchev–Trinajstić information content (AvgIpc) is 2.64. The predicted molar refractivity (Wildman–Crippen MR) is 65.4 cm³/mol. The van der Waals surface area contributed by atoms with Crippen molar-refractivity contribution in [2.75, 3.05) is 6.61 Å². The number of hydrogen-bond acceptors (Lipinski definition) is 2. The zero-order valence-electron chi connectivity index (χ0n) is 9.66. The first-order valence-electron chi connectivity index (χ1n) is 5.59. The van der Waals surface area contributed by atoms with Crippen molar-refractivity contribution in [1.82, 2.24) is 4.98 Å². The lowest BCUT2D eigenvalue weighted by Crippen LogP contribution is -2.02. The molecule has 0 aliphatic rings. The number of H-pyrrole nitrogens is 1. The first-order valence-corrected chi connectivity index (χ1v) is 5.59. The van der Waals surface area contributed by atoms with Gasteiger partial charge in [0, 0.05) is 17.5 Å².